The Bertz CT molecular complexity index is 563. The van der Waals surface area contributed by atoms with Crippen LogP contribution in [0.4, 0.5) is 0 Å². The zero-order valence-corrected chi connectivity index (χ0v) is 17.1. The predicted molar refractivity (Wildman–Crippen MR) is 104 cm³/mol. The van der Waals surface area contributed by atoms with Crippen molar-refractivity contribution in [2.75, 3.05) is 32.7 Å². The molecule has 0 radical (unpaired) electrons. The van der Waals surface area contributed by atoms with Crippen LogP contribution in [0.15, 0.2) is 0 Å². The van der Waals surface area contributed by atoms with Gasteiger partial charge in [0.2, 0.25) is 0 Å². The fourth-order valence-corrected chi connectivity index (χ4v) is 4.05. The molecule has 1 aromatic heterocycles. The number of piperidine rings is 2. The Labute approximate surface area is 158 Å². The van der Waals surface area contributed by atoms with E-state index in [9.17, 15) is 5.11 Å². The first kappa shape index (κ1) is 19.8. The summed E-state index contributed by atoms with van der Waals surface area (Å²) in [5.74, 6) is 2.76. The summed E-state index contributed by atoms with van der Waals surface area (Å²) in [5, 5.41) is 18.7. The van der Waals surface area contributed by atoms with Gasteiger partial charge in [0.25, 0.3) is 0 Å². The van der Waals surface area contributed by atoms with Gasteiger partial charge in [-0.2, -0.15) is 0 Å². The largest absolute Gasteiger partial charge is 0.393 e. The maximum atomic E-state index is 9.66. The van der Waals surface area contributed by atoms with Gasteiger partial charge >= 0.3 is 0 Å². The minimum absolute atomic E-state index is 0.121. The molecular weight excluding hydrogens is 326 g/mol. The molecule has 3 rings (SSSR count). The molecule has 1 N–H and O–H groups in total. The fraction of sp³-hybridized carbons (Fsp3) is 0.900. The molecule has 3 heterocycles. The number of hydrogen-bond acceptors (Lipinski definition) is 5. The molecule has 26 heavy (non-hydrogen) atoms. The zero-order valence-electron chi connectivity index (χ0n) is 17.1. The third kappa shape index (κ3) is 5.27. The molecule has 2 aliphatic rings. The summed E-state index contributed by atoms with van der Waals surface area (Å²) >= 11 is 0. The van der Waals surface area contributed by atoms with Crippen molar-refractivity contribution in [2.24, 2.45) is 12.5 Å². The molecule has 2 fully saturated rings. The molecular formula is C20H37N5O. The van der Waals surface area contributed by atoms with Gasteiger partial charge in [-0.1, -0.05) is 20.8 Å². The lowest BCUT2D eigenvalue weighted by Gasteiger charge is -2.33. The summed E-state index contributed by atoms with van der Waals surface area (Å²) in [7, 11) is 2.12. The SMILES string of the molecule is Cn1c(CN2CCC(O)CC2)nnc1C1CCN(CCC(C)(C)C)CC1. The fourth-order valence-electron chi connectivity index (χ4n) is 4.05. The van der Waals surface area contributed by atoms with Crippen molar-refractivity contribution in [1.82, 2.24) is 24.6 Å². The summed E-state index contributed by atoms with van der Waals surface area (Å²) in [4.78, 5) is 4.99. The van der Waals surface area contributed by atoms with Gasteiger partial charge in [0.05, 0.1) is 12.6 Å². The first-order valence-electron chi connectivity index (χ1n) is 10.3. The Morgan fingerprint density at radius 1 is 0.962 bits per heavy atom. The average molecular weight is 364 g/mol. The molecule has 0 amide bonds. The third-order valence-electron chi connectivity index (χ3n) is 6.05. The number of nitrogens with zero attached hydrogens (tertiary/aromatic N) is 5. The molecule has 0 bridgehead atoms. The minimum Gasteiger partial charge on any atom is -0.393 e. The van der Waals surface area contributed by atoms with Gasteiger partial charge in [0.15, 0.2) is 0 Å². The van der Waals surface area contributed by atoms with Crippen LogP contribution in [0.2, 0.25) is 0 Å². The van der Waals surface area contributed by atoms with Crippen molar-refractivity contribution in [2.45, 2.75) is 71.4 Å². The van der Waals surface area contributed by atoms with E-state index in [0.717, 1.165) is 44.1 Å². The monoisotopic (exact) mass is 363 g/mol. The van der Waals surface area contributed by atoms with Crippen LogP contribution in [0.25, 0.3) is 0 Å². The Morgan fingerprint density at radius 2 is 1.58 bits per heavy atom. The number of rotatable bonds is 5. The normalized spacial score (nSPS) is 22.2. The van der Waals surface area contributed by atoms with E-state index in [4.69, 9.17) is 0 Å². The van der Waals surface area contributed by atoms with Crippen LogP contribution in [0, 0.1) is 5.41 Å². The second-order valence-electron chi connectivity index (χ2n) is 9.47. The van der Waals surface area contributed by atoms with Crippen LogP contribution < -0.4 is 0 Å². The zero-order chi connectivity index (χ0) is 18.7. The van der Waals surface area contributed by atoms with Gasteiger partial charge in [-0.3, -0.25) is 4.90 Å². The predicted octanol–water partition coefficient (Wildman–Crippen LogP) is 2.39. The molecule has 148 valence electrons. The molecule has 2 saturated heterocycles. The molecule has 6 heteroatoms. The van der Waals surface area contributed by atoms with Crippen LogP contribution in [0.3, 0.4) is 0 Å². The lowest BCUT2D eigenvalue weighted by Crippen LogP contribution is -2.36. The first-order chi connectivity index (χ1) is 12.3. The Kier molecular flexibility index (Phi) is 6.36. The molecule has 0 aromatic carbocycles. The Balaban J connectivity index is 1.51. The second-order valence-corrected chi connectivity index (χ2v) is 9.47. The highest BCUT2D eigenvalue weighted by atomic mass is 16.3. The third-order valence-corrected chi connectivity index (χ3v) is 6.05. The molecule has 0 atom stereocenters. The number of aliphatic hydroxyl groups is 1. The van der Waals surface area contributed by atoms with E-state index in [-0.39, 0.29) is 6.10 Å². The highest BCUT2D eigenvalue weighted by molar-refractivity contribution is 5.03. The molecule has 0 aliphatic carbocycles. The van der Waals surface area contributed by atoms with Gasteiger partial charge in [-0.25, -0.2) is 0 Å². The maximum Gasteiger partial charge on any atom is 0.146 e. The standard InChI is InChI=1S/C20H37N5O/c1-20(2,3)9-14-24-10-5-16(6-11-24)19-22-21-18(23(19)4)15-25-12-7-17(26)8-13-25/h16-17,26H,5-15H2,1-4H3. The smallest absolute Gasteiger partial charge is 0.146 e. The summed E-state index contributed by atoms with van der Waals surface area (Å²) < 4.78 is 2.22. The Hall–Kier alpha value is -0.980. The van der Waals surface area contributed by atoms with Crippen LogP contribution in [-0.4, -0.2) is 68.5 Å². The quantitative estimate of drug-likeness (QED) is 0.870. The summed E-state index contributed by atoms with van der Waals surface area (Å²) in [6, 6.07) is 0. The molecule has 0 spiro atoms. The lowest BCUT2D eigenvalue weighted by atomic mass is 9.90. The van der Waals surface area contributed by atoms with E-state index in [1.54, 1.807) is 0 Å². The summed E-state index contributed by atoms with van der Waals surface area (Å²) in [5.41, 5.74) is 0.417. The number of aromatic nitrogens is 3. The van der Waals surface area contributed by atoms with Crippen LogP contribution in [0.5, 0.6) is 0 Å². The van der Waals surface area contributed by atoms with E-state index in [1.165, 1.54) is 38.9 Å². The molecule has 0 unspecified atom stereocenters. The first-order valence-corrected chi connectivity index (χ1v) is 10.3. The van der Waals surface area contributed by atoms with Crippen molar-refractivity contribution in [3.63, 3.8) is 0 Å². The van der Waals surface area contributed by atoms with Gasteiger partial charge in [0, 0.05) is 26.1 Å². The molecule has 1 aromatic rings. The molecule has 0 saturated carbocycles. The number of hydrogen-bond donors (Lipinski definition) is 1. The van der Waals surface area contributed by atoms with Crippen LogP contribution in [-0.2, 0) is 13.6 Å². The van der Waals surface area contributed by atoms with Gasteiger partial charge in [-0.15, -0.1) is 10.2 Å². The van der Waals surface area contributed by atoms with Gasteiger partial charge in [-0.05, 0) is 57.2 Å². The van der Waals surface area contributed by atoms with Crippen LogP contribution >= 0.6 is 0 Å². The van der Waals surface area contributed by atoms with E-state index < -0.39 is 0 Å². The lowest BCUT2D eigenvalue weighted by molar-refractivity contribution is 0.0775. The Morgan fingerprint density at radius 3 is 2.19 bits per heavy atom. The highest BCUT2D eigenvalue weighted by Crippen LogP contribution is 2.28. The average Bonchev–Trinajstić information content (AvgIpc) is 2.96. The topological polar surface area (TPSA) is 57.4 Å². The molecule has 6 nitrogen and oxygen atoms in total. The number of likely N-dealkylation sites (tertiary alicyclic amines) is 2. The van der Waals surface area contributed by atoms with Crippen LogP contribution in [0.1, 0.15) is 70.4 Å². The van der Waals surface area contributed by atoms with Crippen molar-refractivity contribution >= 4 is 0 Å². The van der Waals surface area contributed by atoms with E-state index in [2.05, 4.69) is 52.4 Å². The van der Waals surface area contributed by atoms with E-state index in [1.807, 2.05) is 0 Å². The summed E-state index contributed by atoms with van der Waals surface area (Å²) in [6.45, 7) is 13.3. The van der Waals surface area contributed by atoms with Gasteiger partial charge < -0.3 is 14.6 Å². The maximum absolute atomic E-state index is 9.66. The number of aliphatic hydroxyl groups excluding tert-OH is 1. The molecule has 2 aliphatic heterocycles. The summed E-state index contributed by atoms with van der Waals surface area (Å²) in [6.07, 6.45) is 5.26. The van der Waals surface area contributed by atoms with Crippen molar-refractivity contribution in [3.8, 4) is 0 Å². The van der Waals surface area contributed by atoms with Crippen molar-refractivity contribution in [1.29, 1.82) is 0 Å². The van der Waals surface area contributed by atoms with Crippen molar-refractivity contribution < 1.29 is 5.11 Å². The second kappa shape index (κ2) is 8.36. The van der Waals surface area contributed by atoms with Gasteiger partial charge in [0.1, 0.15) is 11.6 Å². The van der Waals surface area contributed by atoms with E-state index >= 15 is 0 Å². The highest BCUT2D eigenvalue weighted by Gasteiger charge is 2.26. The van der Waals surface area contributed by atoms with E-state index in [0.29, 0.717) is 11.3 Å². The minimum atomic E-state index is -0.121. The van der Waals surface area contributed by atoms with Crippen molar-refractivity contribution in [3.05, 3.63) is 11.6 Å².